The summed E-state index contributed by atoms with van der Waals surface area (Å²) >= 11 is 5.89. The molecule has 0 unspecified atom stereocenters. The Bertz CT molecular complexity index is 948. The molecule has 2 aromatic carbocycles. The number of methoxy groups -OCH3 is 1. The van der Waals surface area contributed by atoms with Crippen LogP contribution in [0, 0.1) is 0 Å². The lowest BCUT2D eigenvalue weighted by Crippen LogP contribution is -2.48. The quantitative estimate of drug-likeness (QED) is 0.671. The van der Waals surface area contributed by atoms with Crippen LogP contribution in [0.3, 0.4) is 0 Å². The number of piperazine rings is 1. The van der Waals surface area contributed by atoms with Crippen LogP contribution in [0.25, 0.3) is 11.5 Å². The number of carbonyl (C=O) groups is 1. The lowest BCUT2D eigenvalue weighted by Gasteiger charge is -2.35. The van der Waals surface area contributed by atoms with Crippen molar-refractivity contribution in [1.29, 1.82) is 0 Å². The minimum atomic E-state index is -0.248. The first kappa shape index (κ1) is 18.3. The fraction of sp³-hybridized carbons (Fsp3) is 0.250. The summed E-state index contributed by atoms with van der Waals surface area (Å²) in [6.07, 6.45) is 0. The molecule has 3 aromatic rings. The van der Waals surface area contributed by atoms with E-state index in [0.29, 0.717) is 24.0 Å². The predicted molar refractivity (Wildman–Crippen MR) is 106 cm³/mol. The molecule has 1 fully saturated rings. The molecule has 4 rings (SSSR count). The topological polar surface area (TPSA) is 71.7 Å². The Morgan fingerprint density at radius 2 is 1.68 bits per heavy atom. The van der Waals surface area contributed by atoms with E-state index < -0.39 is 0 Å². The molecule has 2 heterocycles. The summed E-state index contributed by atoms with van der Waals surface area (Å²) in [7, 11) is 1.65. The molecule has 1 saturated heterocycles. The average molecular weight is 399 g/mol. The van der Waals surface area contributed by atoms with Gasteiger partial charge in [0.25, 0.3) is 0 Å². The second-order valence-electron chi connectivity index (χ2n) is 6.40. The smallest absolute Gasteiger partial charge is 0.311 e. The van der Waals surface area contributed by atoms with Crippen LogP contribution in [0.1, 0.15) is 10.7 Å². The van der Waals surface area contributed by atoms with E-state index >= 15 is 0 Å². The van der Waals surface area contributed by atoms with E-state index in [9.17, 15) is 4.79 Å². The Hall–Kier alpha value is -3.06. The molecule has 0 radical (unpaired) electrons. The number of halogens is 1. The number of rotatable bonds is 4. The summed E-state index contributed by atoms with van der Waals surface area (Å²) in [6.45, 7) is 2.64. The maximum atomic E-state index is 12.7. The molecule has 28 heavy (non-hydrogen) atoms. The highest BCUT2D eigenvalue weighted by molar-refractivity contribution is 6.30. The summed E-state index contributed by atoms with van der Waals surface area (Å²) < 4.78 is 10.8. The highest BCUT2D eigenvalue weighted by atomic mass is 35.5. The van der Waals surface area contributed by atoms with Crippen molar-refractivity contribution in [2.75, 3.05) is 38.2 Å². The maximum absolute atomic E-state index is 12.7. The van der Waals surface area contributed by atoms with Crippen molar-refractivity contribution < 1.29 is 13.9 Å². The van der Waals surface area contributed by atoms with Crippen LogP contribution in [0.4, 0.5) is 5.69 Å². The third kappa shape index (κ3) is 3.80. The summed E-state index contributed by atoms with van der Waals surface area (Å²) in [5, 5.41) is 8.52. The number of ether oxygens (including phenoxy) is 1. The zero-order valence-electron chi connectivity index (χ0n) is 15.3. The van der Waals surface area contributed by atoms with Crippen molar-refractivity contribution in [1.82, 2.24) is 15.1 Å². The number of hydrogen-bond donors (Lipinski definition) is 0. The van der Waals surface area contributed by atoms with Crippen molar-refractivity contribution in [3.05, 3.63) is 59.4 Å². The molecule has 8 heteroatoms. The number of anilines is 1. The Labute approximate surface area is 167 Å². The first-order valence-electron chi connectivity index (χ1n) is 8.92. The molecule has 7 nitrogen and oxygen atoms in total. The van der Waals surface area contributed by atoms with Crippen LogP contribution in [0.2, 0.25) is 5.02 Å². The van der Waals surface area contributed by atoms with Gasteiger partial charge in [0.1, 0.15) is 5.75 Å². The second-order valence-corrected chi connectivity index (χ2v) is 6.83. The lowest BCUT2D eigenvalue weighted by molar-refractivity contribution is 0.0707. The fourth-order valence-corrected chi connectivity index (χ4v) is 3.24. The molecule has 1 aliphatic heterocycles. The van der Waals surface area contributed by atoms with Gasteiger partial charge in [-0.25, -0.2) is 0 Å². The number of hydrogen-bond acceptors (Lipinski definition) is 6. The van der Waals surface area contributed by atoms with E-state index in [1.807, 2.05) is 24.3 Å². The van der Waals surface area contributed by atoms with Gasteiger partial charge < -0.3 is 19.0 Å². The molecule has 144 valence electrons. The van der Waals surface area contributed by atoms with Gasteiger partial charge in [-0.1, -0.05) is 11.6 Å². The number of nitrogens with zero attached hydrogens (tertiary/aromatic N) is 4. The maximum Gasteiger partial charge on any atom is 0.311 e. The van der Waals surface area contributed by atoms with Crippen molar-refractivity contribution in [3.8, 4) is 17.2 Å². The summed E-state index contributed by atoms with van der Waals surface area (Å²) in [4.78, 5) is 16.7. The number of benzene rings is 2. The molecule has 1 aliphatic rings. The molecule has 1 amide bonds. The largest absolute Gasteiger partial charge is 0.497 e. The van der Waals surface area contributed by atoms with Crippen LogP contribution in [-0.2, 0) is 0 Å². The zero-order valence-corrected chi connectivity index (χ0v) is 16.1. The van der Waals surface area contributed by atoms with E-state index in [1.54, 1.807) is 36.3 Å². The van der Waals surface area contributed by atoms with Gasteiger partial charge in [-0.15, -0.1) is 10.2 Å². The highest BCUT2D eigenvalue weighted by Crippen LogP contribution is 2.23. The van der Waals surface area contributed by atoms with Crippen molar-refractivity contribution in [2.24, 2.45) is 0 Å². The third-order valence-electron chi connectivity index (χ3n) is 4.70. The van der Waals surface area contributed by atoms with Gasteiger partial charge in [-0.2, -0.15) is 0 Å². The van der Waals surface area contributed by atoms with Crippen LogP contribution >= 0.6 is 11.6 Å². The fourth-order valence-electron chi connectivity index (χ4n) is 3.11. The van der Waals surface area contributed by atoms with E-state index in [-0.39, 0.29) is 11.8 Å². The lowest BCUT2D eigenvalue weighted by atomic mass is 10.2. The van der Waals surface area contributed by atoms with Gasteiger partial charge in [0.05, 0.1) is 7.11 Å². The molecule has 0 spiro atoms. The summed E-state index contributed by atoms with van der Waals surface area (Å²) in [5.74, 6) is 0.882. The SMILES string of the molecule is COc1ccc(N2CCN(C(=O)c3nnc(-c4ccc(Cl)cc4)o3)CC2)cc1. The normalized spacial score (nSPS) is 14.2. The standard InChI is InChI=1S/C20H19ClN4O3/c1-27-17-8-6-16(7-9-17)24-10-12-25(13-11-24)20(26)19-23-22-18(28-19)14-2-4-15(21)5-3-14/h2-9H,10-13H2,1H3. The molecule has 0 bridgehead atoms. The third-order valence-corrected chi connectivity index (χ3v) is 4.96. The Balaban J connectivity index is 1.39. The van der Waals surface area contributed by atoms with E-state index in [1.165, 1.54) is 0 Å². The van der Waals surface area contributed by atoms with Gasteiger partial charge in [0.15, 0.2) is 0 Å². The Morgan fingerprint density at radius 1 is 1.00 bits per heavy atom. The van der Waals surface area contributed by atoms with Crippen molar-refractivity contribution in [2.45, 2.75) is 0 Å². The number of amides is 1. The predicted octanol–water partition coefficient (Wildman–Crippen LogP) is 3.36. The summed E-state index contributed by atoms with van der Waals surface area (Å²) in [5.41, 5.74) is 1.83. The second kappa shape index (κ2) is 7.90. The minimum absolute atomic E-state index is 0.00264. The average Bonchev–Trinajstić information content (AvgIpc) is 3.24. The van der Waals surface area contributed by atoms with Crippen molar-refractivity contribution in [3.63, 3.8) is 0 Å². The summed E-state index contributed by atoms with van der Waals surface area (Å²) in [6, 6.07) is 14.9. The van der Waals surface area contributed by atoms with Gasteiger partial charge in [0.2, 0.25) is 5.89 Å². The van der Waals surface area contributed by atoms with Crippen LogP contribution in [0.5, 0.6) is 5.75 Å². The number of carbonyl (C=O) groups excluding carboxylic acids is 1. The van der Waals surface area contributed by atoms with Gasteiger partial charge in [-0.3, -0.25) is 4.79 Å². The van der Waals surface area contributed by atoms with Crippen LogP contribution < -0.4 is 9.64 Å². The van der Waals surface area contributed by atoms with Crippen LogP contribution in [-0.4, -0.2) is 54.3 Å². The Kier molecular flexibility index (Phi) is 5.16. The van der Waals surface area contributed by atoms with Gasteiger partial charge in [-0.05, 0) is 48.5 Å². The highest BCUT2D eigenvalue weighted by Gasteiger charge is 2.26. The Morgan fingerprint density at radius 3 is 2.32 bits per heavy atom. The molecule has 0 atom stereocenters. The molecule has 0 aliphatic carbocycles. The van der Waals surface area contributed by atoms with Gasteiger partial charge >= 0.3 is 11.8 Å². The first-order valence-corrected chi connectivity index (χ1v) is 9.29. The van der Waals surface area contributed by atoms with Crippen LogP contribution in [0.15, 0.2) is 52.9 Å². The first-order chi connectivity index (χ1) is 13.6. The van der Waals surface area contributed by atoms with E-state index in [4.69, 9.17) is 20.8 Å². The number of aromatic nitrogens is 2. The molecular formula is C20H19ClN4O3. The van der Waals surface area contributed by atoms with Crippen molar-refractivity contribution >= 4 is 23.2 Å². The van der Waals surface area contributed by atoms with E-state index in [2.05, 4.69) is 15.1 Å². The zero-order chi connectivity index (χ0) is 19.5. The molecule has 0 N–H and O–H groups in total. The van der Waals surface area contributed by atoms with E-state index in [0.717, 1.165) is 30.1 Å². The monoisotopic (exact) mass is 398 g/mol. The van der Waals surface area contributed by atoms with Gasteiger partial charge in [0, 0.05) is 42.5 Å². The molecule has 0 saturated carbocycles. The minimum Gasteiger partial charge on any atom is -0.497 e. The molecular weight excluding hydrogens is 380 g/mol. The molecule has 1 aromatic heterocycles.